The molecule has 0 aliphatic heterocycles. The van der Waals surface area contributed by atoms with Crippen LogP contribution in [0.5, 0.6) is 0 Å². The molecule has 0 saturated heterocycles. The molecule has 0 aliphatic carbocycles. The lowest BCUT2D eigenvalue weighted by atomic mass is 10.3. The van der Waals surface area contributed by atoms with E-state index >= 15 is 0 Å². The van der Waals surface area contributed by atoms with Crippen molar-refractivity contribution in [3.63, 3.8) is 0 Å². The first-order valence-electron chi connectivity index (χ1n) is 7.39. The Labute approximate surface area is 130 Å². The van der Waals surface area contributed by atoms with Crippen LogP contribution in [0, 0.1) is 11.5 Å². The zero-order valence-electron chi connectivity index (χ0n) is 13.5. The minimum Gasteiger partial charge on any atom is -0.243 e. The van der Waals surface area contributed by atoms with E-state index in [0.29, 0.717) is 22.5 Å². The van der Waals surface area contributed by atoms with Gasteiger partial charge in [-0.15, -0.1) is 17.1 Å². The van der Waals surface area contributed by atoms with E-state index in [9.17, 15) is 0 Å². The molecule has 0 atom stereocenters. The minimum absolute atomic E-state index is 0.441. The number of rotatable bonds is 4. The van der Waals surface area contributed by atoms with Gasteiger partial charge in [0, 0.05) is 0 Å². The molecule has 0 N–H and O–H groups in total. The average molecular weight is 308 g/mol. The van der Waals surface area contributed by atoms with Gasteiger partial charge in [0.2, 0.25) is 0 Å². The van der Waals surface area contributed by atoms with Crippen LogP contribution in [-0.4, -0.2) is 13.1 Å². The Bertz CT molecular complexity index is 475. The van der Waals surface area contributed by atoms with Crippen molar-refractivity contribution < 1.29 is 0 Å². The predicted molar refractivity (Wildman–Crippen MR) is 91.7 cm³/mol. The maximum Gasteiger partial charge on any atom is 0.146 e. The molecule has 0 amide bonds. The van der Waals surface area contributed by atoms with E-state index in [-0.39, 0.29) is 0 Å². The van der Waals surface area contributed by atoms with E-state index in [1.807, 2.05) is 18.2 Å². The third-order valence-corrected chi connectivity index (χ3v) is 10.8. The Hall–Kier alpha value is -0.783. The zero-order chi connectivity index (χ0) is 15.3. The highest BCUT2D eigenvalue weighted by Gasteiger charge is 2.41. The van der Waals surface area contributed by atoms with Crippen LogP contribution in [-0.2, 0) is 5.88 Å². The van der Waals surface area contributed by atoms with Crippen molar-refractivity contribution in [1.82, 2.24) is 4.98 Å². The fraction of sp³-hybridized carbons (Fsp3) is 0.588. The second-order valence-corrected chi connectivity index (χ2v) is 12.1. The van der Waals surface area contributed by atoms with E-state index in [4.69, 9.17) is 11.6 Å². The van der Waals surface area contributed by atoms with Gasteiger partial charge in [0.1, 0.15) is 13.8 Å². The van der Waals surface area contributed by atoms with Gasteiger partial charge in [-0.05, 0) is 28.8 Å². The monoisotopic (exact) mass is 307 g/mol. The molecular formula is C17H26ClNSi. The van der Waals surface area contributed by atoms with Gasteiger partial charge >= 0.3 is 0 Å². The van der Waals surface area contributed by atoms with Gasteiger partial charge in [-0.25, -0.2) is 4.98 Å². The lowest BCUT2D eigenvalue weighted by Crippen LogP contribution is -2.43. The standard InChI is InChI=1S/C17H26ClNSi/c1-13(2)20(14(3)4,15(5)6)11-10-16-8-7-9-17(12-18)19-16/h7-9,13-15H,12H2,1-6H3. The molecule has 0 saturated carbocycles. The summed E-state index contributed by atoms with van der Waals surface area (Å²) in [5.41, 5.74) is 7.36. The summed E-state index contributed by atoms with van der Waals surface area (Å²) in [5, 5.41) is 0. The summed E-state index contributed by atoms with van der Waals surface area (Å²) in [6.07, 6.45) is 0. The number of hydrogen-bond acceptors (Lipinski definition) is 1. The summed E-state index contributed by atoms with van der Waals surface area (Å²) in [6.45, 7) is 13.9. The van der Waals surface area contributed by atoms with Crippen molar-refractivity contribution in [3.05, 3.63) is 29.6 Å². The first-order chi connectivity index (χ1) is 9.34. The molecule has 110 valence electrons. The summed E-state index contributed by atoms with van der Waals surface area (Å²) in [7, 11) is -1.67. The molecule has 1 nitrogen and oxygen atoms in total. The van der Waals surface area contributed by atoms with Gasteiger partial charge in [0.25, 0.3) is 0 Å². The molecule has 1 rings (SSSR count). The van der Waals surface area contributed by atoms with Crippen molar-refractivity contribution in [2.24, 2.45) is 0 Å². The molecule has 1 aromatic heterocycles. The first kappa shape index (κ1) is 17.3. The van der Waals surface area contributed by atoms with Gasteiger partial charge in [0.05, 0.1) is 11.6 Å². The van der Waals surface area contributed by atoms with E-state index in [1.165, 1.54) is 0 Å². The summed E-state index contributed by atoms with van der Waals surface area (Å²) in [4.78, 5) is 4.49. The number of pyridine rings is 1. The van der Waals surface area contributed by atoms with E-state index in [1.54, 1.807) is 0 Å². The Morgan fingerprint density at radius 2 is 1.60 bits per heavy atom. The molecule has 20 heavy (non-hydrogen) atoms. The molecule has 0 bridgehead atoms. The zero-order valence-corrected chi connectivity index (χ0v) is 15.3. The lowest BCUT2D eigenvalue weighted by Gasteiger charge is -2.38. The van der Waals surface area contributed by atoms with Gasteiger partial charge in [-0.1, -0.05) is 53.5 Å². The largest absolute Gasteiger partial charge is 0.243 e. The average Bonchev–Trinajstić information content (AvgIpc) is 2.38. The predicted octanol–water partition coefficient (Wildman–Crippen LogP) is 5.39. The normalized spacial score (nSPS) is 11.9. The van der Waals surface area contributed by atoms with Crippen LogP contribution >= 0.6 is 11.6 Å². The van der Waals surface area contributed by atoms with Crippen molar-refractivity contribution in [1.29, 1.82) is 0 Å². The molecule has 0 spiro atoms. The molecule has 0 aromatic carbocycles. The molecule has 0 aliphatic rings. The Morgan fingerprint density at radius 3 is 2.05 bits per heavy atom. The summed E-state index contributed by atoms with van der Waals surface area (Å²) in [6, 6.07) is 5.90. The maximum absolute atomic E-state index is 5.84. The van der Waals surface area contributed by atoms with Crippen LogP contribution < -0.4 is 0 Å². The minimum atomic E-state index is -1.67. The van der Waals surface area contributed by atoms with Crippen LogP contribution in [0.25, 0.3) is 0 Å². The van der Waals surface area contributed by atoms with Gasteiger partial charge in [0.15, 0.2) is 0 Å². The van der Waals surface area contributed by atoms with Crippen molar-refractivity contribution in [2.75, 3.05) is 0 Å². The van der Waals surface area contributed by atoms with Gasteiger partial charge < -0.3 is 0 Å². The van der Waals surface area contributed by atoms with E-state index in [2.05, 4.69) is 58.0 Å². The number of halogens is 1. The molecule has 0 fully saturated rings. The smallest absolute Gasteiger partial charge is 0.146 e. The van der Waals surface area contributed by atoms with E-state index in [0.717, 1.165) is 11.4 Å². The third kappa shape index (κ3) is 3.65. The summed E-state index contributed by atoms with van der Waals surface area (Å²) >= 11 is 5.84. The number of aromatic nitrogens is 1. The van der Waals surface area contributed by atoms with Gasteiger partial charge in [-0.2, -0.15) is 0 Å². The number of alkyl halides is 1. The lowest BCUT2D eigenvalue weighted by molar-refractivity contribution is 0.838. The van der Waals surface area contributed by atoms with Crippen LogP contribution in [0.15, 0.2) is 18.2 Å². The van der Waals surface area contributed by atoms with Crippen molar-refractivity contribution >= 4 is 19.7 Å². The Kier molecular flexibility index (Phi) is 6.29. The molecule has 1 aromatic rings. The molecule has 0 unspecified atom stereocenters. The molecule has 3 heteroatoms. The Morgan fingerprint density at radius 1 is 1.05 bits per heavy atom. The highest BCUT2D eigenvalue weighted by molar-refractivity contribution is 6.90. The van der Waals surface area contributed by atoms with Crippen LogP contribution in [0.1, 0.15) is 52.9 Å². The maximum atomic E-state index is 5.84. The highest BCUT2D eigenvalue weighted by atomic mass is 35.5. The summed E-state index contributed by atoms with van der Waals surface area (Å²) in [5.74, 6) is 3.79. The van der Waals surface area contributed by atoms with Crippen molar-refractivity contribution in [2.45, 2.75) is 64.0 Å². The topological polar surface area (TPSA) is 12.9 Å². The molecule has 0 radical (unpaired) electrons. The fourth-order valence-electron chi connectivity index (χ4n) is 3.23. The molecular weight excluding hydrogens is 282 g/mol. The summed E-state index contributed by atoms with van der Waals surface area (Å²) < 4.78 is 0. The van der Waals surface area contributed by atoms with Gasteiger partial charge in [-0.3, -0.25) is 0 Å². The first-order valence-corrected chi connectivity index (χ1v) is 10.2. The second-order valence-electron chi connectivity index (χ2n) is 6.29. The van der Waals surface area contributed by atoms with Crippen LogP contribution in [0.4, 0.5) is 0 Å². The molecule has 1 heterocycles. The van der Waals surface area contributed by atoms with Crippen LogP contribution in [0.3, 0.4) is 0 Å². The second kappa shape index (κ2) is 7.29. The fourth-order valence-corrected chi connectivity index (χ4v) is 8.59. The third-order valence-electron chi connectivity index (χ3n) is 4.22. The van der Waals surface area contributed by atoms with Crippen LogP contribution in [0.2, 0.25) is 16.6 Å². The number of nitrogens with zero attached hydrogens (tertiary/aromatic N) is 1. The quantitative estimate of drug-likeness (QED) is 0.413. The Balaban J connectivity index is 3.23. The highest BCUT2D eigenvalue weighted by Crippen LogP contribution is 2.40. The van der Waals surface area contributed by atoms with Crippen molar-refractivity contribution in [3.8, 4) is 11.5 Å². The number of hydrogen-bond donors (Lipinski definition) is 0. The van der Waals surface area contributed by atoms with E-state index < -0.39 is 8.07 Å². The SMILES string of the molecule is CC(C)[Si](C#Cc1cccc(CCl)n1)(C(C)C)C(C)C.